The summed E-state index contributed by atoms with van der Waals surface area (Å²) in [6.07, 6.45) is 3.84. The third-order valence-electron chi connectivity index (χ3n) is 4.01. The monoisotopic (exact) mass is 277 g/mol. The number of primary amides is 1. The van der Waals surface area contributed by atoms with E-state index in [-0.39, 0.29) is 0 Å². The van der Waals surface area contributed by atoms with Crippen LogP contribution in [0.2, 0.25) is 0 Å². The van der Waals surface area contributed by atoms with Crippen LogP contribution in [0.5, 0.6) is 0 Å². The molecule has 2 rings (SSSR count). The lowest BCUT2D eigenvalue weighted by Crippen LogP contribution is -2.41. The highest BCUT2D eigenvalue weighted by atomic mass is 16.3. The molecule has 1 aliphatic rings. The van der Waals surface area contributed by atoms with Crippen LogP contribution in [-0.2, 0) is 0 Å². The Morgan fingerprint density at radius 1 is 1.55 bits per heavy atom. The van der Waals surface area contributed by atoms with Gasteiger partial charge >= 0.3 is 0 Å². The van der Waals surface area contributed by atoms with Crippen molar-refractivity contribution in [3.63, 3.8) is 0 Å². The molecule has 110 valence electrons. The van der Waals surface area contributed by atoms with E-state index in [2.05, 4.69) is 12.2 Å². The van der Waals surface area contributed by atoms with E-state index >= 15 is 0 Å². The summed E-state index contributed by atoms with van der Waals surface area (Å²) in [5.41, 5.74) is 12.0. The van der Waals surface area contributed by atoms with Crippen molar-refractivity contribution in [2.45, 2.75) is 38.2 Å². The van der Waals surface area contributed by atoms with Crippen molar-refractivity contribution in [2.24, 2.45) is 11.7 Å². The first kappa shape index (κ1) is 14.7. The van der Waals surface area contributed by atoms with E-state index in [0.29, 0.717) is 23.7 Å². The molecule has 1 amide bonds. The van der Waals surface area contributed by atoms with Gasteiger partial charge in [0.15, 0.2) is 0 Å². The predicted molar refractivity (Wildman–Crippen MR) is 80.4 cm³/mol. The van der Waals surface area contributed by atoms with Crippen LogP contribution >= 0.6 is 0 Å². The zero-order valence-electron chi connectivity index (χ0n) is 11.9. The van der Waals surface area contributed by atoms with Crippen LogP contribution in [-0.4, -0.2) is 23.2 Å². The number of nitrogen functional groups attached to an aromatic ring is 1. The van der Waals surface area contributed by atoms with Crippen molar-refractivity contribution in [2.75, 3.05) is 17.6 Å². The third kappa shape index (κ3) is 3.42. The van der Waals surface area contributed by atoms with Gasteiger partial charge in [0.2, 0.25) is 5.91 Å². The highest BCUT2D eigenvalue weighted by molar-refractivity contribution is 5.94. The summed E-state index contributed by atoms with van der Waals surface area (Å²) in [6.45, 7) is 2.64. The fourth-order valence-corrected chi connectivity index (χ4v) is 2.93. The molecule has 2 atom stereocenters. The fraction of sp³-hybridized carbons (Fsp3) is 0.533. The molecule has 5 nitrogen and oxygen atoms in total. The Kier molecular flexibility index (Phi) is 4.18. The number of anilines is 2. The Morgan fingerprint density at radius 3 is 2.90 bits per heavy atom. The van der Waals surface area contributed by atoms with E-state index in [0.717, 1.165) is 24.9 Å². The summed E-state index contributed by atoms with van der Waals surface area (Å²) in [4.78, 5) is 11.1. The molecule has 0 saturated heterocycles. The molecular weight excluding hydrogens is 254 g/mol. The molecule has 6 N–H and O–H groups in total. The van der Waals surface area contributed by atoms with Crippen LogP contribution in [0.15, 0.2) is 18.2 Å². The van der Waals surface area contributed by atoms with Gasteiger partial charge in [-0.15, -0.1) is 0 Å². The standard InChI is InChI=1S/C15H23N3O2/c1-10-3-2-6-15(20,8-10)9-18-13-5-4-11(14(17)19)7-12(13)16/h4-5,7,10,18,20H,2-3,6,8-9,16H2,1H3,(H2,17,19). The largest absolute Gasteiger partial charge is 0.397 e. The molecule has 1 aromatic rings. The van der Waals surface area contributed by atoms with Gasteiger partial charge in [0.25, 0.3) is 0 Å². The molecule has 1 aromatic carbocycles. The molecule has 0 radical (unpaired) electrons. The van der Waals surface area contributed by atoms with Gasteiger partial charge in [-0.1, -0.05) is 19.8 Å². The normalized spacial score (nSPS) is 26.2. The summed E-state index contributed by atoms with van der Waals surface area (Å²) in [5.74, 6) is 0.0492. The summed E-state index contributed by atoms with van der Waals surface area (Å²) in [7, 11) is 0. The highest BCUT2D eigenvalue weighted by Crippen LogP contribution is 2.32. The van der Waals surface area contributed by atoms with E-state index < -0.39 is 11.5 Å². The van der Waals surface area contributed by atoms with Gasteiger partial charge in [0.1, 0.15) is 0 Å². The quantitative estimate of drug-likeness (QED) is 0.629. The fourth-order valence-electron chi connectivity index (χ4n) is 2.93. The van der Waals surface area contributed by atoms with Crippen LogP contribution in [0.25, 0.3) is 0 Å². The summed E-state index contributed by atoms with van der Waals surface area (Å²) in [5, 5.41) is 13.7. The van der Waals surface area contributed by atoms with Crippen molar-refractivity contribution in [3.05, 3.63) is 23.8 Å². The summed E-state index contributed by atoms with van der Waals surface area (Å²) in [6, 6.07) is 4.91. The molecule has 20 heavy (non-hydrogen) atoms. The van der Waals surface area contributed by atoms with Gasteiger partial charge in [-0.2, -0.15) is 0 Å². The first-order valence-corrected chi connectivity index (χ1v) is 7.05. The molecule has 0 bridgehead atoms. The van der Waals surface area contributed by atoms with Gasteiger partial charge in [-0.25, -0.2) is 0 Å². The zero-order chi connectivity index (χ0) is 14.8. The number of rotatable bonds is 4. The molecular formula is C15H23N3O2. The Bertz CT molecular complexity index is 504. The minimum atomic E-state index is -0.674. The molecule has 5 heteroatoms. The predicted octanol–water partition coefficient (Wildman–Crippen LogP) is 1.72. The topological polar surface area (TPSA) is 101 Å². The van der Waals surface area contributed by atoms with Crippen LogP contribution < -0.4 is 16.8 Å². The number of hydrogen-bond donors (Lipinski definition) is 4. The number of nitrogens with one attached hydrogen (secondary N) is 1. The average Bonchev–Trinajstić information content (AvgIpc) is 2.36. The SMILES string of the molecule is CC1CCCC(O)(CNc2ccc(C(N)=O)cc2N)C1. The third-order valence-corrected chi connectivity index (χ3v) is 4.01. The second-order valence-corrected chi connectivity index (χ2v) is 5.95. The molecule has 0 aliphatic heterocycles. The van der Waals surface area contributed by atoms with Crippen LogP contribution in [0.1, 0.15) is 43.0 Å². The van der Waals surface area contributed by atoms with Crippen molar-refractivity contribution in [3.8, 4) is 0 Å². The van der Waals surface area contributed by atoms with Crippen LogP contribution in [0.3, 0.4) is 0 Å². The summed E-state index contributed by atoms with van der Waals surface area (Å²) >= 11 is 0. The van der Waals surface area contributed by atoms with E-state index in [4.69, 9.17) is 11.5 Å². The number of hydrogen-bond acceptors (Lipinski definition) is 4. The maximum Gasteiger partial charge on any atom is 0.248 e. The minimum absolute atomic E-state index is 0.387. The average molecular weight is 277 g/mol. The lowest BCUT2D eigenvalue weighted by Gasteiger charge is -2.36. The van der Waals surface area contributed by atoms with Crippen molar-refractivity contribution < 1.29 is 9.90 Å². The minimum Gasteiger partial charge on any atom is -0.397 e. The Labute approximate surface area is 119 Å². The van der Waals surface area contributed by atoms with Crippen molar-refractivity contribution >= 4 is 17.3 Å². The molecule has 1 fully saturated rings. The van der Waals surface area contributed by atoms with Gasteiger partial charge in [-0.05, 0) is 37.0 Å². The Balaban J connectivity index is 2.02. The lowest BCUT2D eigenvalue weighted by molar-refractivity contribution is -0.000752. The van der Waals surface area contributed by atoms with Gasteiger partial charge < -0.3 is 21.9 Å². The molecule has 1 aliphatic carbocycles. The van der Waals surface area contributed by atoms with E-state index in [1.165, 1.54) is 6.42 Å². The second-order valence-electron chi connectivity index (χ2n) is 5.95. The number of aliphatic hydroxyl groups is 1. The number of carbonyl (C=O) groups is 1. The van der Waals surface area contributed by atoms with E-state index in [9.17, 15) is 9.90 Å². The first-order valence-electron chi connectivity index (χ1n) is 7.05. The van der Waals surface area contributed by atoms with Crippen molar-refractivity contribution in [1.29, 1.82) is 0 Å². The number of amides is 1. The Morgan fingerprint density at radius 2 is 2.30 bits per heavy atom. The number of benzene rings is 1. The molecule has 0 aromatic heterocycles. The Hall–Kier alpha value is -1.75. The first-order chi connectivity index (χ1) is 9.39. The lowest BCUT2D eigenvalue weighted by atomic mass is 9.79. The highest BCUT2D eigenvalue weighted by Gasteiger charge is 2.32. The van der Waals surface area contributed by atoms with Crippen LogP contribution in [0.4, 0.5) is 11.4 Å². The van der Waals surface area contributed by atoms with Crippen molar-refractivity contribution in [1.82, 2.24) is 0 Å². The van der Waals surface area contributed by atoms with Gasteiger partial charge in [-0.3, -0.25) is 4.79 Å². The molecule has 0 spiro atoms. The molecule has 2 unspecified atom stereocenters. The number of carbonyl (C=O) groups excluding carboxylic acids is 1. The summed E-state index contributed by atoms with van der Waals surface area (Å²) < 4.78 is 0. The molecule has 1 saturated carbocycles. The smallest absolute Gasteiger partial charge is 0.248 e. The molecule has 0 heterocycles. The van der Waals surface area contributed by atoms with Crippen LogP contribution in [0, 0.1) is 5.92 Å². The van der Waals surface area contributed by atoms with Gasteiger partial charge in [0, 0.05) is 12.1 Å². The van der Waals surface area contributed by atoms with Gasteiger partial charge in [0.05, 0.1) is 17.0 Å². The van der Waals surface area contributed by atoms with E-state index in [1.54, 1.807) is 18.2 Å². The maximum atomic E-state index is 11.1. The second kappa shape index (κ2) is 5.71. The maximum absolute atomic E-state index is 11.1. The number of nitrogens with two attached hydrogens (primary N) is 2. The zero-order valence-corrected chi connectivity index (χ0v) is 11.9. The van der Waals surface area contributed by atoms with E-state index in [1.807, 2.05) is 0 Å².